The summed E-state index contributed by atoms with van der Waals surface area (Å²) in [4.78, 5) is 34.2. The molecule has 0 saturated carbocycles. The van der Waals surface area contributed by atoms with Gasteiger partial charge in [0.1, 0.15) is 0 Å². The van der Waals surface area contributed by atoms with Crippen molar-refractivity contribution in [1.82, 2.24) is 0 Å². The van der Waals surface area contributed by atoms with Crippen molar-refractivity contribution in [3.8, 4) is 0 Å². The number of nitro groups is 1. The first-order chi connectivity index (χ1) is 11.4. The Bertz CT molecular complexity index is 790. The zero-order chi connectivity index (χ0) is 17.7. The number of nitro benzene ring substituents is 1. The van der Waals surface area contributed by atoms with Crippen molar-refractivity contribution in [2.45, 2.75) is 11.8 Å². The van der Waals surface area contributed by atoms with Gasteiger partial charge in [0, 0.05) is 28.3 Å². The third kappa shape index (κ3) is 4.32. The van der Waals surface area contributed by atoms with Crippen LogP contribution in [0.25, 0.3) is 0 Å². The molecule has 0 bridgehead atoms. The molecule has 2 aromatic rings. The number of non-ortho nitro benzene ring substituents is 1. The molecule has 0 aliphatic carbocycles. The number of primary amides is 1. The van der Waals surface area contributed by atoms with Crippen LogP contribution in [0.1, 0.15) is 15.9 Å². The van der Waals surface area contributed by atoms with Gasteiger partial charge in [-0.25, -0.2) is 0 Å². The molecule has 3 N–H and O–H groups in total. The molecule has 0 fully saturated rings. The van der Waals surface area contributed by atoms with Crippen LogP contribution >= 0.6 is 11.8 Å². The van der Waals surface area contributed by atoms with Gasteiger partial charge in [0.2, 0.25) is 11.8 Å². The number of rotatable bonds is 6. The fraction of sp³-hybridized carbons (Fsp3) is 0.125. The molecule has 0 spiro atoms. The summed E-state index contributed by atoms with van der Waals surface area (Å²) in [5.74, 6) is -0.662. The third-order valence-corrected chi connectivity index (χ3v) is 4.30. The van der Waals surface area contributed by atoms with Crippen LogP contribution < -0.4 is 11.1 Å². The summed E-state index contributed by atoms with van der Waals surface area (Å²) in [5, 5.41) is 13.3. The van der Waals surface area contributed by atoms with E-state index in [0.717, 1.165) is 4.90 Å². The van der Waals surface area contributed by atoms with E-state index in [1.807, 2.05) is 0 Å². The Labute approximate surface area is 142 Å². The lowest BCUT2D eigenvalue weighted by atomic mass is 10.1. The molecule has 0 aliphatic heterocycles. The number of anilines is 1. The van der Waals surface area contributed by atoms with Crippen LogP contribution in [0.5, 0.6) is 0 Å². The van der Waals surface area contributed by atoms with E-state index < -0.39 is 10.8 Å². The number of carbonyl (C=O) groups excluding carboxylic acids is 2. The smallest absolute Gasteiger partial charge is 0.269 e. The Morgan fingerprint density at radius 1 is 1.21 bits per heavy atom. The second-order valence-corrected chi connectivity index (χ2v) is 5.98. The number of hydrogen-bond acceptors (Lipinski definition) is 5. The van der Waals surface area contributed by atoms with Crippen molar-refractivity contribution in [1.29, 1.82) is 0 Å². The fourth-order valence-corrected chi connectivity index (χ4v) is 2.74. The number of nitrogens with one attached hydrogen (secondary N) is 1. The zero-order valence-corrected chi connectivity index (χ0v) is 13.6. The van der Waals surface area contributed by atoms with Gasteiger partial charge in [-0.1, -0.05) is 6.07 Å². The molecule has 0 saturated heterocycles. The second-order valence-electron chi connectivity index (χ2n) is 4.93. The summed E-state index contributed by atoms with van der Waals surface area (Å²) >= 11 is 1.26. The normalized spacial score (nSPS) is 10.2. The van der Waals surface area contributed by atoms with Crippen LogP contribution in [0.15, 0.2) is 47.4 Å². The van der Waals surface area contributed by atoms with E-state index in [1.165, 1.54) is 23.9 Å². The Hall–Kier alpha value is -2.87. The number of amides is 2. The predicted molar refractivity (Wildman–Crippen MR) is 92.1 cm³/mol. The van der Waals surface area contributed by atoms with Crippen LogP contribution in [0.3, 0.4) is 0 Å². The quantitative estimate of drug-likeness (QED) is 0.474. The predicted octanol–water partition coefficient (Wildman–Crippen LogP) is 2.73. The van der Waals surface area contributed by atoms with E-state index in [0.29, 0.717) is 16.8 Å². The molecule has 0 unspecified atom stereocenters. The minimum atomic E-state index is -0.552. The number of nitrogens with two attached hydrogens (primary N) is 1. The van der Waals surface area contributed by atoms with Crippen molar-refractivity contribution in [3.63, 3.8) is 0 Å². The van der Waals surface area contributed by atoms with Crippen molar-refractivity contribution in [2.75, 3.05) is 11.1 Å². The molecule has 124 valence electrons. The topological polar surface area (TPSA) is 115 Å². The second kappa shape index (κ2) is 7.60. The molecular weight excluding hydrogens is 330 g/mol. The van der Waals surface area contributed by atoms with Gasteiger partial charge >= 0.3 is 0 Å². The molecule has 2 aromatic carbocycles. The average molecular weight is 345 g/mol. The molecule has 0 atom stereocenters. The number of benzene rings is 2. The van der Waals surface area contributed by atoms with Crippen LogP contribution in [-0.4, -0.2) is 22.5 Å². The van der Waals surface area contributed by atoms with Crippen molar-refractivity contribution in [3.05, 3.63) is 63.7 Å². The summed E-state index contributed by atoms with van der Waals surface area (Å²) in [7, 11) is 0. The average Bonchev–Trinajstić information content (AvgIpc) is 2.55. The van der Waals surface area contributed by atoms with Gasteiger partial charge in [0.15, 0.2) is 0 Å². The maximum absolute atomic E-state index is 12.0. The summed E-state index contributed by atoms with van der Waals surface area (Å²) in [6.45, 7) is 1.71. The lowest BCUT2D eigenvalue weighted by Gasteiger charge is -2.10. The monoisotopic (exact) mass is 345 g/mol. The molecule has 2 rings (SSSR count). The van der Waals surface area contributed by atoms with E-state index in [9.17, 15) is 19.7 Å². The SMILES string of the molecule is Cc1c(NC(=O)CSc2ccc([N+](=O)[O-])cc2)cccc1C(N)=O. The van der Waals surface area contributed by atoms with Crippen molar-refractivity contribution in [2.24, 2.45) is 5.73 Å². The summed E-state index contributed by atoms with van der Waals surface area (Å²) < 4.78 is 0. The summed E-state index contributed by atoms with van der Waals surface area (Å²) in [6.07, 6.45) is 0. The number of carbonyl (C=O) groups is 2. The lowest BCUT2D eigenvalue weighted by molar-refractivity contribution is -0.384. The Kier molecular flexibility index (Phi) is 5.54. The molecule has 24 heavy (non-hydrogen) atoms. The van der Waals surface area contributed by atoms with E-state index in [1.54, 1.807) is 37.3 Å². The summed E-state index contributed by atoms with van der Waals surface area (Å²) in [6, 6.07) is 10.9. The largest absolute Gasteiger partial charge is 0.366 e. The van der Waals surface area contributed by atoms with Crippen LogP contribution in [0, 0.1) is 17.0 Å². The highest BCUT2D eigenvalue weighted by Crippen LogP contribution is 2.23. The minimum Gasteiger partial charge on any atom is -0.366 e. The maximum atomic E-state index is 12.0. The Morgan fingerprint density at radius 3 is 2.46 bits per heavy atom. The van der Waals surface area contributed by atoms with Gasteiger partial charge < -0.3 is 11.1 Å². The summed E-state index contributed by atoms with van der Waals surface area (Å²) in [5.41, 5.74) is 6.78. The highest BCUT2D eigenvalue weighted by Gasteiger charge is 2.11. The van der Waals surface area contributed by atoms with Crippen LogP contribution in [0.4, 0.5) is 11.4 Å². The van der Waals surface area contributed by atoms with E-state index in [2.05, 4.69) is 5.32 Å². The lowest BCUT2D eigenvalue weighted by Crippen LogP contribution is -2.17. The highest BCUT2D eigenvalue weighted by molar-refractivity contribution is 8.00. The molecule has 0 aliphatic rings. The first-order valence-corrected chi connectivity index (χ1v) is 7.93. The van der Waals surface area contributed by atoms with Crippen molar-refractivity contribution >= 4 is 35.0 Å². The number of thioether (sulfide) groups is 1. The van der Waals surface area contributed by atoms with Crippen molar-refractivity contribution < 1.29 is 14.5 Å². The maximum Gasteiger partial charge on any atom is 0.269 e. The van der Waals surface area contributed by atoms with Gasteiger partial charge in [-0.05, 0) is 36.8 Å². The molecule has 7 nitrogen and oxygen atoms in total. The molecule has 0 radical (unpaired) electrons. The molecule has 2 amide bonds. The first kappa shape index (κ1) is 17.5. The van der Waals surface area contributed by atoms with Gasteiger partial charge in [-0.3, -0.25) is 19.7 Å². The van der Waals surface area contributed by atoms with E-state index in [-0.39, 0.29) is 17.3 Å². The van der Waals surface area contributed by atoms with Gasteiger partial charge in [0.25, 0.3) is 5.69 Å². The third-order valence-electron chi connectivity index (χ3n) is 3.29. The Morgan fingerprint density at radius 2 is 1.88 bits per heavy atom. The van der Waals surface area contributed by atoms with Gasteiger partial charge in [-0.2, -0.15) is 0 Å². The van der Waals surface area contributed by atoms with Crippen LogP contribution in [-0.2, 0) is 4.79 Å². The number of nitrogens with zero attached hydrogens (tertiary/aromatic N) is 1. The van der Waals surface area contributed by atoms with Gasteiger partial charge in [-0.15, -0.1) is 11.8 Å². The van der Waals surface area contributed by atoms with Crippen LogP contribution in [0.2, 0.25) is 0 Å². The first-order valence-electron chi connectivity index (χ1n) is 6.95. The van der Waals surface area contributed by atoms with E-state index >= 15 is 0 Å². The molecule has 8 heteroatoms. The number of hydrogen-bond donors (Lipinski definition) is 2. The standard InChI is InChI=1S/C16H15N3O4S/c1-10-13(16(17)21)3-2-4-14(10)18-15(20)9-24-12-7-5-11(6-8-12)19(22)23/h2-8H,9H2,1H3,(H2,17,21)(H,18,20). The minimum absolute atomic E-state index is 0.00249. The van der Waals surface area contributed by atoms with E-state index in [4.69, 9.17) is 5.73 Å². The van der Waals surface area contributed by atoms with Gasteiger partial charge in [0.05, 0.1) is 10.7 Å². The molecule has 0 heterocycles. The fourth-order valence-electron chi connectivity index (χ4n) is 2.04. The Balaban J connectivity index is 1.98. The highest BCUT2D eigenvalue weighted by atomic mass is 32.2. The zero-order valence-electron chi connectivity index (χ0n) is 12.8. The molecular formula is C16H15N3O4S. The molecule has 0 aromatic heterocycles.